The largest absolute Gasteiger partial charge is 0.269 e. The van der Waals surface area contributed by atoms with E-state index in [4.69, 9.17) is 0 Å². The molecule has 0 heterocycles. The summed E-state index contributed by atoms with van der Waals surface area (Å²) in [5.41, 5.74) is 1.09. The molecule has 0 aliphatic carbocycles. The van der Waals surface area contributed by atoms with Crippen LogP contribution < -0.4 is 0 Å². The van der Waals surface area contributed by atoms with Gasteiger partial charge in [0.1, 0.15) is 0 Å². The Labute approximate surface area is 50.4 Å². The highest BCUT2D eigenvalue weighted by Crippen LogP contribution is 1.90. The van der Waals surface area contributed by atoms with Crippen molar-refractivity contribution in [1.29, 1.82) is 0 Å². The molecule has 0 atom stereocenters. The molecule has 0 bridgehead atoms. The Hall–Kier alpha value is -0.850. The Morgan fingerprint density at radius 1 is 1.62 bits per heavy atom. The van der Waals surface area contributed by atoms with Gasteiger partial charge in [0.2, 0.25) is 0 Å². The van der Waals surface area contributed by atoms with Crippen LogP contribution >= 0.6 is 0 Å². The number of allylic oxidation sites excluding steroid dienone is 2. The lowest BCUT2D eigenvalue weighted by Gasteiger charge is -1.81. The molecule has 0 N–H and O–H groups in total. The highest BCUT2D eigenvalue weighted by atomic mass is 14.7. The molecule has 0 aromatic heterocycles. The molecule has 44 valence electrons. The van der Waals surface area contributed by atoms with Gasteiger partial charge in [0, 0.05) is 12.4 Å². The minimum Gasteiger partial charge on any atom is -0.269 e. The standard InChI is InChI=1S/C7H11N/c1-4-7(3)6-8-5-2/h4-6H,1H2,2-3H3/b7-6+,8-5?. The third kappa shape index (κ3) is 3.34. The lowest BCUT2D eigenvalue weighted by atomic mass is 10.3. The summed E-state index contributed by atoms with van der Waals surface area (Å²) >= 11 is 0. The van der Waals surface area contributed by atoms with E-state index in [9.17, 15) is 0 Å². The molecular formula is C7H11N. The van der Waals surface area contributed by atoms with Gasteiger partial charge >= 0.3 is 0 Å². The lowest BCUT2D eigenvalue weighted by molar-refractivity contribution is 1.44. The van der Waals surface area contributed by atoms with Crippen LogP contribution in [0.15, 0.2) is 29.4 Å². The summed E-state index contributed by atoms with van der Waals surface area (Å²) in [6.07, 6.45) is 5.28. The molecular weight excluding hydrogens is 98.1 g/mol. The molecule has 0 fully saturated rings. The summed E-state index contributed by atoms with van der Waals surface area (Å²) in [6.45, 7) is 7.41. The van der Waals surface area contributed by atoms with Crippen LogP contribution in [0.25, 0.3) is 0 Å². The molecule has 1 nitrogen and oxygen atoms in total. The van der Waals surface area contributed by atoms with Crippen molar-refractivity contribution >= 4 is 6.21 Å². The molecule has 1 heteroatoms. The first-order valence-electron chi connectivity index (χ1n) is 2.58. The van der Waals surface area contributed by atoms with Crippen LogP contribution in [0.3, 0.4) is 0 Å². The molecule has 0 aromatic carbocycles. The first-order valence-corrected chi connectivity index (χ1v) is 2.58. The number of rotatable bonds is 2. The molecule has 0 saturated heterocycles. The van der Waals surface area contributed by atoms with Gasteiger partial charge in [-0.1, -0.05) is 12.7 Å². The normalized spacial score (nSPS) is 12.5. The van der Waals surface area contributed by atoms with Gasteiger partial charge in [0.25, 0.3) is 0 Å². The fourth-order valence-corrected chi connectivity index (χ4v) is 0.245. The fourth-order valence-electron chi connectivity index (χ4n) is 0.245. The molecule has 0 spiro atoms. The van der Waals surface area contributed by atoms with Crippen molar-refractivity contribution in [2.24, 2.45) is 4.99 Å². The maximum absolute atomic E-state index is 3.88. The average Bonchev–Trinajstić information content (AvgIpc) is 1.83. The minimum atomic E-state index is 1.09. The van der Waals surface area contributed by atoms with Crippen molar-refractivity contribution in [3.8, 4) is 0 Å². The quantitative estimate of drug-likeness (QED) is 0.380. The van der Waals surface area contributed by atoms with E-state index in [1.165, 1.54) is 0 Å². The predicted octanol–water partition coefficient (Wildman–Crippen LogP) is 2.17. The van der Waals surface area contributed by atoms with Gasteiger partial charge < -0.3 is 0 Å². The van der Waals surface area contributed by atoms with Crippen LogP contribution in [-0.4, -0.2) is 6.21 Å². The van der Waals surface area contributed by atoms with E-state index in [0.29, 0.717) is 0 Å². The molecule has 0 rings (SSSR count). The zero-order valence-corrected chi connectivity index (χ0v) is 5.39. The van der Waals surface area contributed by atoms with Crippen molar-refractivity contribution in [3.63, 3.8) is 0 Å². The maximum atomic E-state index is 3.88. The topological polar surface area (TPSA) is 12.4 Å². The van der Waals surface area contributed by atoms with Crippen molar-refractivity contribution in [1.82, 2.24) is 0 Å². The Morgan fingerprint density at radius 3 is 2.62 bits per heavy atom. The molecule has 0 aliphatic heterocycles. The lowest BCUT2D eigenvalue weighted by Crippen LogP contribution is -1.62. The van der Waals surface area contributed by atoms with E-state index in [-0.39, 0.29) is 0 Å². The van der Waals surface area contributed by atoms with Crippen LogP contribution in [-0.2, 0) is 0 Å². The summed E-state index contributed by atoms with van der Waals surface area (Å²) in [5.74, 6) is 0. The molecule has 8 heavy (non-hydrogen) atoms. The third-order valence-electron chi connectivity index (χ3n) is 0.749. The van der Waals surface area contributed by atoms with E-state index in [2.05, 4.69) is 11.6 Å². The second-order valence-electron chi connectivity index (χ2n) is 1.48. The third-order valence-corrected chi connectivity index (χ3v) is 0.749. The van der Waals surface area contributed by atoms with E-state index in [0.717, 1.165) is 5.57 Å². The highest BCUT2D eigenvalue weighted by Gasteiger charge is 1.71. The van der Waals surface area contributed by atoms with Crippen LogP contribution in [0.2, 0.25) is 0 Å². The van der Waals surface area contributed by atoms with Crippen molar-refractivity contribution in [2.75, 3.05) is 0 Å². The van der Waals surface area contributed by atoms with E-state index < -0.39 is 0 Å². The Kier molecular flexibility index (Phi) is 3.85. The van der Waals surface area contributed by atoms with E-state index in [1.807, 2.05) is 13.8 Å². The zero-order chi connectivity index (χ0) is 6.41. The summed E-state index contributed by atoms with van der Waals surface area (Å²) in [7, 11) is 0. The molecule has 0 amide bonds. The van der Waals surface area contributed by atoms with Crippen molar-refractivity contribution in [2.45, 2.75) is 13.8 Å². The molecule has 0 aliphatic rings. The first kappa shape index (κ1) is 7.15. The average molecular weight is 109 g/mol. The van der Waals surface area contributed by atoms with Gasteiger partial charge in [0.05, 0.1) is 0 Å². The van der Waals surface area contributed by atoms with Gasteiger partial charge in [-0.05, 0) is 19.4 Å². The van der Waals surface area contributed by atoms with E-state index >= 15 is 0 Å². The Balaban J connectivity index is 3.74. The van der Waals surface area contributed by atoms with Crippen LogP contribution in [0.4, 0.5) is 0 Å². The van der Waals surface area contributed by atoms with E-state index in [1.54, 1.807) is 18.5 Å². The summed E-state index contributed by atoms with van der Waals surface area (Å²) in [6, 6.07) is 0. The zero-order valence-electron chi connectivity index (χ0n) is 5.39. The van der Waals surface area contributed by atoms with Gasteiger partial charge in [-0.3, -0.25) is 4.99 Å². The minimum absolute atomic E-state index is 1.09. The molecule has 0 saturated carbocycles. The van der Waals surface area contributed by atoms with Crippen LogP contribution in [0.5, 0.6) is 0 Å². The molecule has 0 unspecified atom stereocenters. The smallest absolute Gasteiger partial charge is 0.0292 e. The number of hydrogen-bond acceptors (Lipinski definition) is 1. The summed E-state index contributed by atoms with van der Waals surface area (Å²) in [5, 5.41) is 0. The highest BCUT2D eigenvalue weighted by molar-refractivity contribution is 5.54. The second-order valence-corrected chi connectivity index (χ2v) is 1.48. The Bertz CT molecular complexity index is 120. The van der Waals surface area contributed by atoms with Crippen LogP contribution in [0.1, 0.15) is 13.8 Å². The molecule has 0 aromatic rings. The number of nitrogens with zero attached hydrogens (tertiary/aromatic N) is 1. The van der Waals surface area contributed by atoms with Gasteiger partial charge in [-0.25, -0.2) is 0 Å². The SMILES string of the molecule is C=C/C(C)=C/N=CC. The summed E-state index contributed by atoms with van der Waals surface area (Å²) in [4.78, 5) is 3.88. The predicted molar refractivity (Wildman–Crippen MR) is 38.1 cm³/mol. The van der Waals surface area contributed by atoms with Gasteiger partial charge in [-0.2, -0.15) is 0 Å². The summed E-state index contributed by atoms with van der Waals surface area (Å²) < 4.78 is 0. The Morgan fingerprint density at radius 2 is 2.25 bits per heavy atom. The van der Waals surface area contributed by atoms with Crippen molar-refractivity contribution in [3.05, 3.63) is 24.4 Å². The molecule has 0 radical (unpaired) electrons. The monoisotopic (exact) mass is 109 g/mol. The maximum Gasteiger partial charge on any atom is 0.0292 e. The fraction of sp³-hybridized carbons (Fsp3) is 0.286. The van der Waals surface area contributed by atoms with Crippen molar-refractivity contribution < 1.29 is 0 Å². The number of hydrogen-bond donors (Lipinski definition) is 0. The van der Waals surface area contributed by atoms with Crippen LogP contribution in [0, 0.1) is 0 Å². The number of aliphatic imine (C=N–C) groups is 1. The van der Waals surface area contributed by atoms with Gasteiger partial charge in [-0.15, -0.1) is 0 Å². The first-order chi connectivity index (χ1) is 3.81. The van der Waals surface area contributed by atoms with Gasteiger partial charge in [0.15, 0.2) is 0 Å². The second kappa shape index (κ2) is 4.31.